The molecule has 2 rings (SSSR count). The van der Waals surface area contributed by atoms with Gasteiger partial charge in [0.2, 0.25) is 0 Å². The topological polar surface area (TPSA) is 142 Å². The molecule has 0 fully saturated rings. The molecule has 0 bridgehead atoms. The lowest BCUT2D eigenvalue weighted by atomic mass is 9.97. The van der Waals surface area contributed by atoms with Crippen LogP contribution in [0.15, 0.2) is 72.9 Å². The second-order valence-corrected chi connectivity index (χ2v) is 12.3. The van der Waals surface area contributed by atoms with Crippen LogP contribution in [0.1, 0.15) is 52.7 Å². The molecule has 0 heterocycles. The first kappa shape index (κ1) is 41.7. The lowest BCUT2D eigenvalue weighted by Crippen LogP contribution is -2.25. The van der Waals surface area contributed by atoms with E-state index in [-0.39, 0.29) is 75.5 Å². The molecule has 0 aromatic heterocycles. The van der Waals surface area contributed by atoms with Gasteiger partial charge in [0.1, 0.15) is 52.9 Å². The molecule has 0 radical (unpaired) electrons. The molecule has 2 aromatic carbocycles. The van der Waals surface area contributed by atoms with Gasteiger partial charge in [-0.2, -0.15) is 0 Å². The Labute approximate surface area is 299 Å². The molecule has 12 heteroatoms. The third-order valence-corrected chi connectivity index (χ3v) is 6.36. The summed E-state index contributed by atoms with van der Waals surface area (Å²) < 4.78 is 44.1. The highest BCUT2D eigenvalue weighted by Crippen LogP contribution is 2.31. The summed E-state index contributed by atoms with van der Waals surface area (Å²) in [7, 11) is 0. The quantitative estimate of drug-likeness (QED) is 0.0471. The Kier molecular flexibility index (Phi) is 17.0. The Bertz CT molecular complexity index is 1600. The van der Waals surface area contributed by atoms with Crippen LogP contribution in [0.3, 0.4) is 0 Å². The average Bonchev–Trinajstić information content (AvgIpc) is 3.07. The van der Waals surface area contributed by atoms with E-state index in [0.29, 0.717) is 23.0 Å². The summed E-state index contributed by atoms with van der Waals surface area (Å²) in [6, 6.07) is 10.6. The molecule has 0 aliphatic rings. The van der Waals surface area contributed by atoms with Crippen molar-refractivity contribution in [2.45, 2.75) is 41.5 Å². The molecule has 0 saturated heterocycles. The van der Waals surface area contributed by atoms with Crippen molar-refractivity contribution in [3.8, 4) is 23.0 Å². The molecular weight excluding hydrogens is 660 g/mol. The molecule has 12 nitrogen and oxygen atoms in total. The monoisotopic (exact) mass is 708 g/mol. The lowest BCUT2D eigenvalue weighted by molar-refractivity contribution is -0.153. The van der Waals surface area contributed by atoms with Gasteiger partial charge >= 0.3 is 23.9 Å². The van der Waals surface area contributed by atoms with Gasteiger partial charge in [-0.25, -0.2) is 14.4 Å². The Morgan fingerprint density at radius 1 is 0.510 bits per heavy atom. The highest BCUT2D eigenvalue weighted by atomic mass is 16.6. The highest BCUT2D eigenvalue weighted by Gasteiger charge is 2.23. The number of hydrogen-bond donors (Lipinski definition) is 0. The zero-order valence-electron chi connectivity index (χ0n) is 30.3. The van der Waals surface area contributed by atoms with Crippen LogP contribution in [-0.2, 0) is 38.1 Å². The summed E-state index contributed by atoms with van der Waals surface area (Å²) in [6.45, 7) is 20.9. The minimum atomic E-state index is -0.646. The highest BCUT2D eigenvalue weighted by molar-refractivity contribution is 5.87. The summed E-state index contributed by atoms with van der Waals surface area (Å²) in [6.07, 6.45) is 3.68. The van der Waals surface area contributed by atoms with Gasteiger partial charge in [-0.05, 0) is 76.9 Å². The molecule has 0 unspecified atom stereocenters. The fourth-order valence-electron chi connectivity index (χ4n) is 3.64. The predicted molar refractivity (Wildman–Crippen MR) is 192 cm³/mol. The minimum absolute atomic E-state index is 0.00575. The summed E-state index contributed by atoms with van der Waals surface area (Å²) in [5.41, 5.74) is 1.70. The number of hydrogen-bond acceptors (Lipinski definition) is 12. The molecule has 0 N–H and O–H groups in total. The molecule has 0 saturated carbocycles. The second-order valence-electron chi connectivity index (χ2n) is 12.3. The molecule has 0 aliphatic carbocycles. The first-order valence-electron chi connectivity index (χ1n) is 16.2. The zero-order chi connectivity index (χ0) is 38.0. The molecule has 0 atom stereocenters. The number of rotatable bonds is 21. The SMILES string of the molecule is C=C(C)C(=O)OCCOc1ccc(/C=C/c2ccc(OCCOC(=O)C(=C)C)c(OCCOC(=O)C(C)(C)C)c2)cc1OCCOC(=O)C(=C)C. The first-order valence-corrected chi connectivity index (χ1v) is 16.2. The maximum atomic E-state index is 12.2. The smallest absolute Gasteiger partial charge is 0.333 e. The van der Waals surface area contributed by atoms with Gasteiger partial charge in [-0.3, -0.25) is 4.79 Å². The van der Waals surface area contributed by atoms with Crippen molar-refractivity contribution in [2.75, 3.05) is 52.9 Å². The summed E-state index contributed by atoms with van der Waals surface area (Å²) >= 11 is 0. The van der Waals surface area contributed by atoms with Crippen LogP contribution in [0.5, 0.6) is 23.0 Å². The first-order chi connectivity index (χ1) is 24.1. The van der Waals surface area contributed by atoms with E-state index in [9.17, 15) is 19.2 Å². The predicted octanol–water partition coefficient (Wildman–Crippen LogP) is 6.32. The van der Waals surface area contributed by atoms with Crippen LogP contribution < -0.4 is 18.9 Å². The Hall–Kier alpha value is -5.52. The molecule has 0 aliphatic heterocycles. The average molecular weight is 709 g/mol. The van der Waals surface area contributed by atoms with Crippen molar-refractivity contribution in [1.82, 2.24) is 0 Å². The van der Waals surface area contributed by atoms with E-state index >= 15 is 0 Å². The zero-order valence-corrected chi connectivity index (χ0v) is 30.3. The van der Waals surface area contributed by atoms with Crippen LogP contribution in [-0.4, -0.2) is 76.7 Å². The van der Waals surface area contributed by atoms with Gasteiger partial charge < -0.3 is 37.9 Å². The van der Waals surface area contributed by atoms with E-state index in [1.165, 1.54) is 0 Å². The van der Waals surface area contributed by atoms with Gasteiger partial charge in [0.25, 0.3) is 0 Å². The van der Waals surface area contributed by atoms with Gasteiger partial charge in [0.15, 0.2) is 23.0 Å². The van der Waals surface area contributed by atoms with Crippen LogP contribution in [0.4, 0.5) is 0 Å². The van der Waals surface area contributed by atoms with Crippen molar-refractivity contribution in [1.29, 1.82) is 0 Å². The lowest BCUT2D eigenvalue weighted by Gasteiger charge is -2.17. The minimum Gasteiger partial charge on any atom is -0.486 e. The molecule has 276 valence electrons. The number of esters is 4. The summed E-state index contributed by atoms with van der Waals surface area (Å²) in [5, 5.41) is 0. The van der Waals surface area contributed by atoms with Crippen molar-refractivity contribution in [3.63, 3.8) is 0 Å². The fraction of sp³-hybridized carbons (Fsp3) is 0.385. The van der Waals surface area contributed by atoms with Crippen molar-refractivity contribution in [2.24, 2.45) is 5.41 Å². The maximum absolute atomic E-state index is 12.2. The summed E-state index contributed by atoms with van der Waals surface area (Å²) in [4.78, 5) is 47.3. The second kappa shape index (κ2) is 20.9. The Morgan fingerprint density at radius 3 is 1.14 bits per heavy atom. The van der Waals surface area contributed by atoms with E-state index in [0.717, 1.165) is 11.1 Å². The largest absolute Gasteiger partial charge is 0.486 e. The van der Waals surface area contributed by atoms with Crippen molar-refractivity contribution < 1.29 is 57.1 Å². The number of carbonyl (C=O) groups is 4. The van der Waals surface area contributed by atoms with Crippen LogP contribution in [0, 0.1) is 5.41 Å². The Morgan fingerprint density at radius 2 is 0.824 bits per heavy atom. The normalized spacial score (nSPS) is 10.9. The third-order valence-electron chi connectivity index (χ3n) is 6.36. The van der Waals surface area contributed by atoms with Crippen molar-refractivity contribution >= 4 is 36.0 Å². The molecule has 0 spiro atoms. The third kappa shape index (κ3) is 15.7. The molecule has 0 amide bonds. The maximum Gasteiger partial charge on any atom is 0.333 e. The molecule has 51 heavy (non-hydrogen) atoms. The standard InChI is InChI=1S/C39H48O12/c1-26(2)35(40)48-20-16-44-31-14-12-29(24-33(31)46-18-22-50-37(42)28(5)6)10-11-30-13-15-32(45-17-21-49-36(41)27(3)4)34(25-30)47-19-23-51-38(43)39(7,8)9/h10-15,24-25H,1,3,5,16-23H2,2,4,6-9H3/b11-10+. The summed E-state index contributed by atoms with van der Waals surface area (Å²) in [5.74, 6) is -0.349. The van der Waals surface area contributed by atoms with Crippen LogP contribution in [0.2, 0.25) is 0 Å². The van der Waals surface area contributed by atoms with Crippen LogP contribution >= 0.6 is 0 Å². The van der Waals surface area contributed by atoms with Crippen LogP contribution in [0.25, 0.3) is 12.2 Å². The van der Waals surface area contributed by atoms with Gasteiger partial charge in [0, 0.05) is 16.7 Å². The fourth-order valence-corrected chi connectivity index (χ4v) is 3.64. The molecule has 2 aromatic rings. The number of benzene rings is 2. The van der Waals surface area contributed by atoms with E-state index in [4.69, 9.17) is 37.9 Å². The molecular formula is C39H48O12. The number of carbonyl (C=O) groups excluding carboxylic acids is 4. The Balaban J connectivity index is 2.22. The van der Waals surface area contributed by atoms with E-state index < -0.39 is 23.3 Å². The van der Waals surface area contributed by atoms with Crippen molar-refractivity contribution in [3.05, 3.63) is 84.0 Å². The number of ether oxygens (including phenoxy) is 8. The van der Waals surface area contributed by atoms with Gasteiger partial charge in [-0.1, -0.05) is 44.0 Å². The van der Waals surface area contributed by atoms with E-state index in [2.05, 4.69) is 19.7 Å². The van der Waals surface area contributed by atoms with E-state index in [1.807, 2.05) is 24.3 Å². The van der Waals surface area contributed by atoms with Gasteiger partial charge in [-0.15, -0.1) is 0 Å². The van der Waals surface area contributed by atoms with E-state index in [1.54, 1.807) is 65.8 Å². The van der Waals surface area contributed by atoms with Gasteiger partial charge in [0.05, 0.1) is 5.41 Å².